The molecule has 0 aromatic heterocycles. The molecule has 1 atom stereocenters. The van der Waals surface area contributed by atoms with Crippen molar-refractivity contribution < 1.29 is 18.7 Å². The molecule has 172 valence electrons. The van der Waals surface area contributed by atoms with E-state index in [1.54, 1.807) is 12.1 Å². The predicted molar refractivity (Wildman–Crippen MR) is 126 cm³/mol. The Morgan fingerprint density at radius 1 is 1.15 bits per heavy atom. The topological polar surface area (TPSA) is 67.4 Å². The fourth-order valence-corrected chi connectivity index (χ4v) is 4.75. The fraction of sp³-hybridized carbons (Fsp3) is 0.333. The minimum Gasteiger partial charge on any atom is -0.494 e. The van der Waals surface area contributed by atoms with Crippen molar-refractivity contribution >= 4 is 17.4 Å². The van der Waals surface area contributed by atoms with E-state index in [2.05, 4.69) is 24.5 Å². The molecular formula is C27H29FN2O3. The molecule has 1 unspecified atom stereocenters. The number of carbonyl (C=O) groups excluding carboxylic acids is 2. The zero-order chi connectivity index (χ0) is 23.8. The molecule has 0 saturated heterocycles. The van der Waals surface area contributed by atoms with Crippen LogP contribution in [-0.2, 0) is 9.59 Å². The highest BCUT2D eigenvalue weighted by atomic mass is 19.1. The van der Waals surface area contributed by atoms with Gasteiger partial charge in [0.2, 0.25) is 0 Å². The van der Waals surface area contributed by atoms with Crippen LogP contribution in [-0.4, -0.2) is 18.3 Å². The quantitative estimate of drug-likeness (QED) is 0.637. The van der Waals surface area contributed by atoms with Gasteiger partial charge < -0.3 is 15.4 Å². The summed E-state index contributed by atoms with van der Waals surface area (Å²) >= 11 is 0. The Hall–Kier alpha value is -3.41. The normalized spacial score (nSPS) is 19.7. The van der Waals surface area contributed by atoms with E-state index in [9.17, 15) is 14.0 Å². The molecular weight excluding hydrogens is 419 g/mol. The van der Waals surface area contributed by atoms with Crippen molar-refractivity contribution in [1.29, 1.82) is 0 Å². The smallest absolute Gasteiger partial charge is 0.254 e. The predicted octanol–water partition coefficient (Wildman–Crippen LogP) is 5.47. The van der Waals surface area contributed by atoms with Crippen LogP contribution in [0.15, 0.2) is 71.1 Å². The van der Waals surface area contributed by atoms with Crippen molar-refractivity contribution in [1.82, 2.24) is 5.32 Å². The molecule has 1 amide bonds. The van der Waals surface area contributed by atoms with Crippen molar-refractivity contribution in [3.8, 4) is 5.75 Å². The fourth-order valence-electron chi connectivity index (χ4n) is 4.75. The van der Waals surface area contributed by atoms with Gasteiger partial charge in [-0.15, -0.1) is 0 Å². The number of hydrogen-bond donors (Lipinski definition) is 2. The van der Waals surface area contributed by atoms with E-state index in [0.29, 0.717) is 36.3 Å². The number of para-hydroxylation sites is 1. The van der Waals surface area contributed by atoms with Crippen LogP contribution in [0, 0.1) is 11.2 Å². The summed E-state index contributed by atoms with van der Waals surface area (Å²) in [5.41, 5.74) is 3.29. The highest BCUT2D eigenvalue weighted by molar-refractivity contribution is 6.10. The van der Waals surface area contributed by atoms with Crippen LogP contribution in [0.5, 0.6) is 5.75 Å². The molecule has 6 heteroatoms. The lowest BCUT2D eigenvalue weighted by molar-refractivity contribution is -0.118. The maximum atomic E-state index is 14.2. The maximum absolute atomic E-state index is 14.2. The molecule has 33 heavy (non-hydrogen) atoms. The first-order valence-corrected chi connectivity index (χ1v) is 11.2. The number of rotatable bonds is 5. The Bertz CT molecular complexity index is 1160. The average molecular weight is 449 g/mol. The van der Waals surface area contributed by atoms with Crippen LogP contribution in [0.4, 0.5) is 10.1 Å². The Morgan fingerprint density at radius 3 is 2.52 bits per heavy atom. The van der Waals surface area contributed by atoms with Crippen molar-refractivity contribution in [2.75, 3.05) is 11.9 Å². The van der Waals surface area contributed by atoms with Gasteiger partial charge in [-0.1, -0.05) is 38.1 Å². The van der Waals surface area contributed by atoms with Gasteiger partial charge in [0.25, 0.3) is 5.91 Å². The molecule has 2 aromatic rings. The number of ketones is 1. The monoisotopic (exact) mass is 448 g/mol. The van der Waals surface area contributed by atoms with Gasteiger partial charge in [-0.05, 0) is 55.5 Å². The molecule has 2 N–H and O–H groups in total. The molecule has 1 heterocycles. The first-order chi connectivity index (χ1) is 15.7. The minimum absolute atomic E-state index is 0.0244. The van der Waals surface area contributed by atoms with Gasteiger partial charge in [0.1, 0.15) is 11.6 Å². The number of nitrogens with one attached hydrogen (secondary N) is 2. The summed E-state index contributed by atoms with van der Waals surface area (Å²) < 4.78 is 19.8. The van der Waals surface area contributed by atoms with Crippen molar-refractivity contribution in [3.05, 3.63) is 82.5 Å². The average Bonchev–Trinajstić information content (AvgIpc) is 2.74. The molecule has 0 bridgehead atoms. The summed E-state index contributed by atoms with van der Waals surface area (Å²) in [7, 11) is 0. The number of amides is 1. The molecule has 2 aliphatic rings. The molecule has 0 spiro atoms. The largest absolute Gasteiger partial charge is 0.494 e. The molecule has 4 rings (SSSR count). The van der Waals surface area contributed by atoms with Gasteiger partial charge >= 0.3 is 0 Å². The van der Waals surface area contributed by atoms with E-state index in [0.717, 1.165) is 17.0 Å². The molecule has 1 aliphatic heterocycles. The number of allylic oxidation sites excluding steroid dienone is 3. The zero-order valence-electron chi connectivity index (χ0n) is 19.4. The number of dihydropyridines is 1. The van der Waals surface area contributed by atoms with E-state index < -0.39 is 17.6 Å². The second-order valence-corrected chi connectivity index (χ2v) is 9.37. The summed E-state index contributed by atoms with van der Waals surface area (Å²) in [6, 6.07) is 13.5. The lowest BCUT2D eigenvalue weighted by Gasteiger charge is -2.39. The molecule has 0 saturated carbocycles. The number of benzene rings is 2. The van der Waals surface area contributed by atoms with Crippen LogP contribution in [0.3, 0.4) is 0 Å². The molecule has 5 nitrogen and oxygen atoms in total. The molecule has 0 fully saturated rings. The standard InChI is InChI=1S/C27H29FN2O3/c1-5-33-18-12-10-17(11-13-18)24-23(26(32)30-20-9-7-6-8-19(20)28)16(2)29-21-14-27(3,4)15-22(31)25(21)24/h6-13,24,29H,5,14-15H2,1-4H3,(H,30,32). The minimum atomic E-state index is -0.549. The first-order valence-electron chi connectivity index (χ1n) is 11.2. The summed E-state index contributed by atoms with van der Waals surface area (Å²) in [4.78, 5) is 26.8. The Morgan fingerprint density at radius 2 is 1.85 bits per heavy atom. The number of ether oxygens (including phenoxy) is 1. The number of Topliss-reactive ketones (excluding diaryl/α,β-unsaturated/α-hetero) is 1. The van der Waals surface area contributed by atoms with E-state index in [-0.39, 0.29) is 16.9 Å². The second-order valence-electron chi connectivity index (χ2n) is 9.37. The Labute approximate surface area is 193 Å². The van der Waals surface area contributed by atoms with Crippen LogP contribution >= 0.6 is 0 Å². The number of hydrogen-bond acceptors (Lipinski definition) is 4. The van der Waals surface area contributed by atoms with Crippen LogP contribution in [0.1, 0.15) is 52.0 Å². The molecule has 0 radical (unpaired) electrons. The summed E-state index contributed by atoms with van der Waals surface area (Å²) in [5.74, 6) is -0.753. The van der Waals surface area contributed by atoms with Gasteiger partial charge in [-0.2, -0.15) is 0 Å². The van der Waals surface area contributed by atoms with Crippen molar-refractivity contribution in [2.45, 2.75) is 46.5 Å². The first kappa shape index (κ1) is 22.8. The van der Waals surface area contributed by atoms with Crippen LogP contribution < -0.4 is 15.4 Å². The third-order valence-electron chi connectivity index (χ3n) is 6.13. The number of carbonyl (C=O) groups is 2. The van der Waals surface area contributed by atoms with Gasteiger partial charge in [0.15, 0.2) is 5.78 Å². The van der Waals surface area contributed by atoms with Gasteiger partial charge in [0.05, 0.1) is 12.3 Å². The SMILES string of the molecule is CCOc1ccc(C2C(C(=O)Nc3ccccc3F)=C(C)NC3=C2C(=O)CC(C)(C)C3)cc1. The highest BCUT2D eigenvalue weighted by Crippen LogP contribution is 2.47. The van der Waals surface area contributed by atoms with E-state index in [1.807, 2.05) is 38.1 Å². The van der Waals surface area contributed by atoms with Gasteiger partial charge in [-0.25, -0.2) is 4.39 Å². The molecule has 2 aromatic carbocycles. The van der Waals surface area contributed by atoms with Crippen LogP contribution in [0.2, 0.25) is 0 Å². The lowest BCUT2D eigenvalue weighted by atomic mass is 9.68. The van der Waals surface area contributed by atoms with Gasteiger partial charge in [0, 0.05) is 34.9 Å². The third-order valence-corrected chi connectivity index (χ3v) is 6.13. The van der Waals surface area contributed by atoms with E-state index >= 15 is 0 Å². The lowest BCUT2D eigenvalue weighted by Crippen LogP contribution is -2.39. The van der Waals surface area contributed by atoms with E-state index in [1.165, 1.54) is 12.1 Å². The van der Waals surface area contributed by atoms with E-state index in [4.69, 9.17) is 4.74 Å². The summed E-state index contributed by atoms with van der Waals surface area (Å²) in [6.07, 6.45) is 1.11. The zero-order valence-corrected chi connectivity index (χ0v) is 19.4. The van der Waals surface area contributed by atoms with Crippen molar-refractivity contribution in [2.24, 2.45) is 5.41 Å². The Kier molecular flexibility index (Phi) is 6.11. The van der Waals surface area contributed by atoms with Crippen LogP contribution in [0.25, 0.3) is 0 Å². The summed E-state index contributed by atoms with van der Waals surface area (Å²) in [5, 5.41) is 6.02. The van der Waals surface area contributed by atoms with Crippen molar-refractivity contribution in [3.63, 3.8) is 0 Å². The molecule has 1 aliphatic carbocycles. The summed E-state index contributed by atoms with van der Waals surface area (Å²) in [6.45, 7) is 8.43. The number of anilines is 1. The highest BCUT2D eigenvalue weighted by Gasteiger charge is 2.42. The Balaban J connectivity index is 1.79. The maximum Gasteiger partial charge on any atom is 0.254 e. The van der Waals surface area contributed by atoms with Gasteiger partial charge in [-0.3, -0.25) is 9.59 Å². The third kappa shape index (κ3) is 4.56. The second kappa shape index (κ2) is 8.85. The number of halogens is 1.